The molecule has 8 heteroatoms. The molecule has 3 aromatic rings. The van der Waals surface area contributed by atoms with Crippen LogP contribution in [0.2, 0.25) is 0 Å². The van der Waals surface area contributed by atoms with Gasteiger partial charge in [0.15, 0.2) is 0 Å². The highest BCUT2D eigenvalue weighted by molar-refractivity contribution is 7.12. The number of nitrogens with one attached hydrogen (secondary N) is 3. The summed E-state index contributed by atoms with van der Waals surface area (Å²) in [4.78, 5) is 27.0. The maximum absolute atomic E-state index is 13.2. The molecule has 2 amide bonds. The van der Waals surface area contributed by atoms with Crippen molar-refractivity contribution in [3.05, 3.63) is 64.9 Å². The Bertz CT molecular complexity index is 1170. The van der Waals surface area contributed by atoms with Crippen molar-refractivity contribution in [2.45, 2.75) is 44.6 Å². The minimum absolute atomic E-state index is 0.132. The SMILES string of the molecule is COc1ccc(NCCNC(=O)[C@H](CC2CCCCC2)NC(=O)c2cc(-c3ccc(OC)cc3)cs2)cc1. The summed E-state index contributed by atoms with van der Waals surface area (Å²) >= 11 is 1.39. The molecule has 1 aromatic heterocycles. The Balaban J connectivity index is 1.35. The summed E-state index contributed by atoms with van der Waals surface area (Å²) in [7, 11) is 3.28. The normalized spacial score (nSPS) is 14.4. The van der Waals surface area contributed by atoms with Crippen LogP contribution in [0, 0.1) is 5.92 Å². The van der Waals surface area contributed by atoms with E-state index in [4.69, 9.17) is 9.47 Å². The monoisotopic (exact) mass is 535 g/mol. The van der Waals surface area contributed by atoms with E-state index in [1.807, 2.05) is 60.0 Å². The Morgan fingerprint density at radius 1 is 0.895 bits per heavy atom. The van der Waals surface area contributed by atoms with Crippen molar-refractivity contribution < 1.29 is 19.1 Å². The fraction of sp³-hybridized carbons (Fsp3) is 0.400. The average molecular weight is 536 g/mol. The zero-order chi connectivity index (χ0) is 26.7. The highest BCUT2D eigenvalue weighted by atomic mass is 32.1. The lowest BCUT2D eigenvalue weighted by atomic mass is 9.84. The molecule has 3 N–H and O–H groups in total. The van der Waals surface area contributed by atoms with Gasteiger partial charge in [-0.25, -0.2) is 0 Å². The molecule has 2 aromatic carbocycles. The van der Waals surface area contributed by atoms with E-state index in [1.54, 1.807) is 14.2 Å². The molecule has 0 bridgehead atoms. The van der Waals surface area contributed by atoms with Crippen LogP contribution in [-0.2, 0) is 4.79 Å². The second-order valence-corrected chi connectivity index (χ2v) is 10.6. The van der Waals surface area contributed by atoms with Crippen molar-refractivity contribution in [1.82, 2.24) is 10.6 Å². The van der Waals surface area contributed by atoms with Gasteiger partial charge in [-0.3, -0.25) is 9.59 Å². The third kappa shape index (κ3) is 7.74. The van der Waals surface area contributed by atoms with Crippen LogP contribution < -0.4 is 25.4 Å². The molecule has 202 valence electrons. The molecule has 1 aliphatic carbocycles. The van der Waals surface area contributed by atoms with Gasteiger partial charge in [0.05, 0.1) is 19.1 Å². The van der Waals surface area contributed by atoms with E-state index in [0.29, 0.717) is 30.3 Å². The van der Waals surface area contributed by atoms with Gasteiger partial charge in [-0.2, -0.15) is 0 Å². The van der Waals surface area contributed by atoms with Crippen LogP contribution >= 0.6 is 11.3 Å². The largest absolute Gasteiger partial charge is 0.497 e. The van der Waals surface area contributed by atoms with Gasteiger partial charge >= 0.3 is 0 Å². The number of ether oxygens (including phenoxy) is 2. The van der Waals surface area contributed by atoms with Crippen molar-refractivity contribution >= 4 is 28.8 Å². The molecule has 0 spiro atoms. The van der Waals surface area contributed by atoms with E-state index in [-0.39, 0.29) is 11.8 Å². The zero-order valence-corrected chi connectivity index (χ0v) is 22.9. The molecular formula is C30H37N3O4S. The molecule has 38 heavy (non-hydrogen) atoms. The maximum Gasteiger partial charge on any atom is 0.262 e. The number of benzene rings is 2. The number of amides is 2. The number of rotatable bonds is 12. The van der Waals surface area contributed by atoms with Crippen LogP contribution in [-0.4, -0.2) is 45.2 Å². The summed E-state index contributed by atoms with van der Waals surface area (Å²) in [5.41, 5.74) is 2.94. The molecular weight excluding hydrogens is 498 g/mol. The molecule has 1 heterocycles. The van der Waals surface area contributed by atoms with Crippen molar-refractivity contribution in [3.63, 3.8) is 0 Å². The van der Waals surface area contributed by atoms with Crippen LogP contribution in [0.1, 0.15) is 48.2 Å². The van der Waals surface area contributed by atoms with Crippen LogP contribution in [0.25, 0.3) is 11.1 Å². The van der Waals surface area contributed by atoms with Crippen LogP contribution in [0.3, 0.4) is 0 Å². The molecule has 0 unspecified atom stereocenters. The van der Waals surface area contributed by atoms with E-state index in [2.05, 4.69) is 16.0 Å². The third-order valence-corrected chi connectivity index (χ3v) is 7.93. The van der Waals surface area contributed by atoms with Gasteiger partial charge in [0.1, 0.15) is 17.5 Å². The number of methoxy groups -OCH3 is 2. The van der Waals surface area contributed by atoms with E-state index in [9.17, 15) is 9.59 Å². The maximum atomic E-state index is 13.2. The van der Waals surface area contributed by atoms with E-state index >= 15 is 0 Å². The van der Waals surface area contributed by atoms with E-state index in [0.717, 1.165) is 41.2 Å². The van der Waals surface area contributed by atoms with E-state index in [1.165, 1.54) is 30.6 Å². The molecule has 7 nitrogen and oxygen atoms in total. The first-order valence-electron chi connectivity index (χ1n) is 13.2. The van der Waals surface area contributed by atoms with Gasteiger partial charge in [0.2, 0.25) is 5.91 Å². The zero-order valence-electron chi connectivity index (χ0n) is 22.1. The number of hydrogen-bond acceptors (Lipinski definition) is 6. The summed E-state index contributed by atoms with van der Waals surface area (Å²) in [6.45, 7) is 1.04. The predicted octanol–water partition coefficient (Wildman–Crippen LogP) is 5.73. The molecule has 1 atom stereocenters. The summed E-state index contributed by atoms with van der Waals surface area (Å²) in [5.74, 6) is 1.70. The van der Waals surface area contributed by atoms with E-state index < -0.39 is 6.04 Å². The minimum atomic E-state index is -0.557. The highest BCUT2D eigenvalue weighted by Crippen LogP contribution is 2.29. The highest BCUT2D eigenvalue weighted by Gasteiger charge is 2.26. The molecule has 0 radical (unpaired) electrons. The Hall–Kier alpha value is -3.52. The smallest absolute Gasteiger partial charge is 0.262 e. The average Bonchev–Trinajstić information content (AvgIpc) is 3.46. The standard InChI is InChI=1S/C30H37N3O4S/c1-36-25-12-8-22(9-13-25)23-19-28(38-20-23)30(35)33-27(18-21-6-4-3-5-7-21)29(34)32-17-16-31-24-10-14-26(37-2)15-11-24/h8-15,19-21,27,31H,3-7,16-18H2,1-2H3,(H,32,34)(H,33,35)/t27-/m0/s1. The summed E-state index contributed by atoms with van der Waals surface area (Å²) in [6.07, 6.45) is 6.52. The van der Waals surface area contributed by atoms with Gasteiger partial charge in [-0.1, -0.05) is 44.2 Å². The quantitative estimate of drug-likeness (QED) is 0.258. The first-order chi connectivity index (χ1) is 18.6. The number of carbonyl (C=O) groups excluding carboxylic acids is 2. The van der Waals surface area contributed by atoms with Gasteiger partial charge < -0.3 is 25.4 Å². The Morgan fingerprint density at radius 2 is 1.55 bits per heavy atom. The summed E-state index contributed by atoms with van der Waals surface area (Å²) < 4.78 is 10.4. The number of carbonyl (C=O) groups is 2. The third-order valence-electron chi connectivity index (χ3n) is 7.01. The van der Waals surface area contributed by atoms with Crippen LogP contribution in [0.4, 0.5) is 5.69 Å². The molecule has 4 rings (SSSR count). The topological polar surface area (TPSA) is 88.7 Å². The van der Waals surface area contributed by atoms with Gasteiger partial charge in [-0.05, 0) is 71.3 Å². The lowest BCUT2D eigenvalue weighted by molar-refractivity contribution is -0.123. The van der Waals surface area contributed by atoms with Crippen molar-refractivity contribution in [3.8, 4) is 22.6 Å². The Kier molecular flexibility index (Phi) is 10.0. The van der Waals surface area contributed by atoms with Crippen LogP contribution in [0.15, 0.2) is 60.0 Å². The molecule has 1 aliphatic rings. The summed E-state index contributed by atoms with van der Waals surface area (Å²) in [6, 6.07) is 16.7. The van der Waals surface area contributed by atoms with Crippen molar-refractivity contribution in [2.75, 3.05) is 32.6 Å². The second-order valence-electron chi connectivity index (χ2n) is 9.64. The predicted molar refractivity (Wildman–Crippen MR) is 153 cm³/mol. The first kappa shape index (κ1) is 27.5. The number of hydrogen-bond donors (Lipinski definition) is 3. The van der Waals surface area contributed by atoms with Crippen molar-refractivity contribution in [2.24, 2.45) is 5.92 Å². The number of thiophene rings is 1. The first-order valence-corrected chi connectivity index (χ1v) is 14.1. The fourth-order valence-corrected chi connectivity index (χ4v) is 5.65. The minimum Gasteiger partial charge on any atom is -0.497 e. The van der Waals surface area contributed by atoms with Gasteiger partial charge in [-0.15, -0.1) is 11.3 Å². The summed E-state index contributed by atoms with van der Waals surface area (Å²) in [5, 5.41) is 11.3. The molecule has 0 saturated heterocycles. The Morgan fingerprint density at radius 3 is 2.21 bits per heavy atom. The lowest BCUT2D eigenvalue weighted by Crippen LogP contribution is -2.48. The molecule has 1 fully saturated rings. The second kappa shape index (κ2) is 13.9. The van der Waals surface area contributed by atoms with Crippen molar-refractivity contribution in [1.29, 1.82) is 0 Å². The van der Waals surface area contributed by atoms with Crippen LogP contribution in [0.5, 0.6) is 11.5 Å². The fourth-order valence-electron chi connectivity index (χ4n) is 4.83. The lowest BCUT2D eigenvalue weighted by Gasteiger charge is -2.26. The van der Waals surface area contributed by atoms with Gasteiger partial charge in [0, 0.05) is 18.8 Å². The van der Waals surface area contributed by atoms with Gasteiger partial charge in [0.25, 0.3) is 5.91 Å². The molecule has 0 aliphatic heterocycles. The Labute approximate surface area is 228 Å². The number of anilines is 1. The molecule has 1 saturated carbocycles.